The Labute approximate surface area is 127 Å². The Kier molecular flexibility index (Phi) is 3.40. The lowest BCUT2D eigenvalue weighted by Gasteiger charge is -2.31. The standard InChI is InChI=1S/C15H17N5S/c1-5-17-20-9-4-13(18-14(1)20)12-2-7-19(8-3-12)11-15-16-6-10-21-15/h1,4-6,9-10,12H,2-3,7-8,11H2. The summed E-state index contributed by atoms with van der Waals surface area (Å²) in [6.45, 7) is 3.23. The number of hydrogen-bond acceptors (Lipinski definition) is 5. The van der Waals surface area contributed by atoms with E-state index in [-0.39, 0.29) is 0 Å². The van der Waals surface area contributed by atoms with E-state index in [2.05, 4.69) is 21.0 Å². The summed E-state index contributed by atoms with van der Waals surface area (Å²) in [6, 6.07) is 4.07. The van der Waals surface area contributed by atoms with Crippen molar-refractivity contribution in [3.8, 4) is 0 Å². The minimum atomic E-state index is 0.567. The third kappa shape index (κ3) is 2.69. The number of fused-ring (bicyclic) bond motifs is 1. The zero-order valence-corrected chi connectivity index (χ0v) is 12.5. The molecule has 0 radical (unpaired) electrons. The van der Waals surface area contributed by atoms with Crippen LogP contribution in [0.2, 0.25) is 0 Å². The van der Waals surface area contributed by atoms with Crippen LogP contribution < -0.4 is 0 Å². The quantitative estimate of drug-likeness (QED) is 0.746. The molecule has 0 atom stereocenters. The second-order valence-corrected chi connectivity index (χ2v) is 6.44. The highest BCUT2D eigenvalue weighted by molar-refractivity contribution is 7.09. The molecule has 0 amide bonds. The second kappa shape index (κ2) is 5.54. The number of thiazole rings is 1. The maximum Gasteiger partial charge on any atom is 0.155 e. The first-order chi connectivity index (χ1) is 10.4. The molecule has 5 nitrogen and oxygen atoms in total. The summed E-state index contributed by atoms with van der Waals surface area (Å²) in [4.78, 5) is 11.6. The fraction of sp³-hybridized carbons (Fsp3) is 0.400. The van der Waals surface area contributed by atoms with Gasteiger partial charge in [-0.3, -0.25) is 4.90 Å². The number of nitrogens with zero attached hydrogens (tertiary/aromatic N) is 5. The molecule has 1 aliphatic heterocycles. The highest BCUT2D eigenvalue weighted by Crippen LogP contribution is 2.27. The van der Waals surface area contributed by atoms with Crippen molar-refractivity contribution in [3.05, 3.63) is 46.8 Å². The van der Waals surface area contributed by atoms with Crippen LogP contribution in [-0.2, 0) is 6.54 Å². The topological polar surface area (TPSA) is 46.3 Å². The molecule has 0 bridgehead atoms. The molecule has 0 aliphatic carbocycles. The largest absolute Gasteiger partial charge is 0.297 e. The van der Waals surface area contributed by atoms with Gasteiger partial charge in [-0.1, -0.05) is 0 Å². The highest BCUT2D eigenvalue weighted by Gasteiger charge is 2.22. The number of rotatable bonds is 3. The van der Waals surface area contributed by atoms with Gasteiger partial charge in [-0.15, -0.1) is 11.3 Å². The Bertz CT molecular complexity index is 713. The second-order valence-electron chi connectivity index (χ2n) is 5.46. The van der Waals surface area contributed by atoms with Gasteiger partial charge in [0.25, 0.3) is 0 Å². The Morgan fingerprint density at radius 1 is 1.19 bits per heavy atom. The summed E-state index contributed by atoms with van der Waals surface area (Å²) in [5, 5.41) is 7.46. The van der Waals surface area contributed by atoms with Crippen molar-refractivity contribution in [1.29, 1.82) is 0 Å². The van der Waals surface area contributed by atoms with Gasteiger partial charge in [0.15, 0.2) is 5.65 Å². The predicted molar refractivity (Wildman–Crippen MR) is 82.4 cm³/mol. The maximum atomic E-state index is 4.73. The average molecular weight is 299 g/mol. The van der Waals surface area contributed by atoms with Gasteiger partial charge >= 0.3 is 0 Å². The summed E-state index contributed by atoms with van der Waals surface area (Å²) in [5.41, 5.74) is 2.15. The molecule has 1 fully saturated rings. The van der Waals surface area contributed by atoms with Gasteiger partial charge < -0.3 is 0 Å². The van der Waals surface area contributed by atoms with Gasteiger partial charge in [-0.05, 0) is 32.0 Å². The first kappa shape index (κ1) is 12.9. The molecule has 3 aromatic heterocycles. The SMILES string of the molecule is c1csc(CN2CCC(c3ccn4nccc4n3)CC2)n1. The molecular formula is C15H17N5S. The number of aromatic nitrogens is 4. The van der Waals surface area contributed by atoms with Crippen molar-refractivity contribution in [1.82, 2.24) is 24.5 Å². The molecule has 1 aliphatic rings. The normalized spacial score (nSPS) is 17.5. The van der Waals surface area contributed by atoms with Crippen LogP contribution in [0.15, 0.2) is 36.1 Å². The summed E-state index contributed by atoms with van der Waals surface area (Å²) in [5.74, 6) is 0.567. The van der Waals surface area contributed by atoms with Crippen LogP contribution in [0.1, 0.15) is 29.5 Å². The molecule has 0 spiro atoms. The minimum absolute atomic E-state index is 0.567. The molecule has 0 saturated carbocycles. The summed E-state index contributed by atoms with van der Waals surface area (Å²) >= 11 is 1.74. The van der Waals surface area contributed by atoms with E-state index in [1.807, 2.05) is 28.4 Å². The van der Waals surface area contributed by atoms with Gasteiger partial charge in [0, 0.05) is 35.5 Å². The number of hydrogen-bond donors (Lipinski definition) is 0. The molecule has 4 rings (SSSR count). The van der Waals surface area contributed by atoms with E-state index in [4.69, 9.17) is 4.98 Å². The molecular weight excluding hydrogens is 282 g/mol. The zero-order valence-electron chi connectivity index (χ0n) is 11.7. The van der Waals surface area contributed by atoms with Gasteiger partial charge in [-0.2, -0.15) is 5.10 Å². The lowest BCUT2D eigenvalue weighted by molar-refractivity contribution is 0.203. The van der Waals surface area contributed by atoms with Gasteiger partial charge in [0.2, 0.25) is 0 Å². The van der Waals surface area contributed by atoms with E-state index < -0.39 is 0 Å². The Morgan fingerprint density at radius 2 is 2.10 bits per heavy atom. The van der Waals surface area contributed by atoms with Crippen molar-refractivity contribution >= 4 is 17.0 Å². The van der Waals surface area contributed by atoms with Crippen LogP contribution in [0.3, 0.4) is 0 Å². The highest BCUT2D eigenvalue weighted by atomic mass is 32.1. The third-order valence-electron chi connectivity index (χ3n) is 4.13. The van der Waals surface area contributed by atoms with Gasteiger partial charge in [0.05, 0.1) is 12.7 Å². The van der Waals surface area contributed by atoms with Crippen LogP contribution in [0.5, 0.6) is 0 Å². The Morgan fingerprint density at radius 3 is 2.90 bits per heavy atom. The lowest BCUT2D eigenvalue weighted by atomic mass is 9.93. The molecule has 108 valence electrons. The zero-order chi connectivity index (χ0) is 14.1. The molecule has 3 aromatic rings. The molecule has 4 heterocycles. The van der Waals surface area contributed by atoms with Crippen LogP contribution in [0.25, 0.3) is 5.65 Å². The lowest BCUT2D eigenvalue weighted by Crippen LogP contribution is -2.32. The van der Waals surface area contributed by atoms with Crippen LogP contribution in [0.4, 0.5) is 0 Å². The van der Waals surface area contributed by atoms with Crippen LogP contribution in [-0.4, -0.2) is 37.6 Å². The monoisotopic (exact) mass is 299 g/mol. The van der Waals surface area contributed by atoms with Crippen LogP contribution in [0, 0.1) is 0 Å². The summed E-state index contributed by atoms with van der Waals surface area (Å²) in [6.07, 6.45) is 8.03. The van der Waals surface area contributed by atoms with Crippen LogP contribution >= 0.6 is 11.3 Å². The van der Waals surface area contributed by atoms with Crippen molar-refractivity contribution < 1.29 is 0 Å². The molecule has 1 saturated heterocycles. The van der Waals surface area contributed by atoms with E-state index in [1.165, 1.54) is 23.5 Å². The smallest absolute Gasteiger partial charge is 0.155 e. The summed E-state index contributed by atoms with van der Waals surface area (Å²) in [7, 11) is 0. The fourth-order valence-corrected chi connectivity index (χ4v) is 3.62. The molecule has 0 N–H and O–H groups in total. The fourth-order valence-electron chi connectivity index (χ4n) is 2.96. The summed E-state index contributed by atoms with van der Waals surface area (Å²) < 4.78 is 1.82. The van der Waals surface area contributed by atoms with Gasteiger partial charge in [0.1, 0.15) is 5.01 Å². The molecule has 21 heavy (non-hydrogen) atoms. The minimum Gasteiger partial charge on any atom is -0.297 e. The van der Waals surface area contributed by atoms with Gasteiger partial charge in [-0.25, -0.2) is 14.5 Å². The molecule has 0 aromatic carbocycles. The van der Waals surface area contributed by atoms with Crippen molar-refractivity contribution in [2.45, 2.75) is 25.3 Å². The number of likely N-dealkylation sites (tertiary alicyclic amines) is 1. The average Bonchev–Trinajstić information content (AvgIpc) is 3.18. The van der Waals surface area contributed by atoms with Crippen molar-refractivity contribution in [2.24, 2.45) is 0 Å². The molecule has 0 unspecified atom stereocenters. The number of piperidine rings is 1. The van der Waals surface area contributed by atoms with Crippen molar-refractivity contribution in [3.63, 3.8) is 0 Å². The van der Waals surface area contributed by atoms with E-state index in [0.717, 1.165) is 25.3 Å². The van der Waals surface area contributed by atoms with E-state index in [1.54, 1.807) is 17.5 Å². The Hall–Kier alpha value is -1.79. The first-order valence-corrected chi connectivity index (χ1v) is 8.17. The van der Waals surface area contributed by atoms with E-state index >= 15 is 0 Å². The molecule has 6 heteroatoms. The van der Waals surface area contributed by atoms with Crippen molar-refractivity contribution in [2.75, 3.05) is 13.1 Å². The first-order valence-electron chi connectivity index (χ1n) is 7.29. The Balaban J connectivity index is 1.42. The van der Waals surface area contributed by atoms with E-state index in [9.17, 15) is 0 Å². The maximum absolute atomic E-state index is 4.73. The van der Waals surface area contributed by atoms with E-state index in [0.29, 0.717) is 5.92 Å². The third-order valence-corrected chi connectivity index (χ3v) is 4.89. The predicted octanol–water partition coefficient (Wildman–Crippen LogP) is 2.57.